The topological polar surface area (TPSA) is 55.1 Å². The van der Waals surface area contributed by atoms with Gasteiger partial charge in [-0.05, 0) is 13.0 Å². The van der Waals surface area contributed by atoms with Crippen molar-refractivity contribution in [2.75, 3.05) is 12.3 Å². The number of hydrogen-bond donors (Lipinski definition) is 2. The van der Waals surface area contributed by atoms with Crippen LogP contribution >= 0.6 is 34.8 Å². The molecular weight excluding hydrogens is 258 g/mol. The molecule has 0 aliphatic heterocycles. The number of benzene rings is 1. The average molecular weight is 268 g/mol. The van der Waals surface area contributed by atoms with Crippen LogP contribution < -0.4 is 11.1 Å². The lowest BCUT2D eigenvalue weighted by atomic mass is 10.2. The maximum absolute atomic E-state index is 11.6. The van der Waals surface area contributed by atoms with Crippen LogP contribution in [0.5, 0.6) is 0 Å². The Morgan fingerprint density at radius 1 is 1.40 bits per heavy atom. The first-order valence-electron chi connectivity index (χ1n) is 4.20. The van der Waals surface area contributed by atoms with E-state index >= 15 is 0 Å². The molecule has 0 heterocycles. The van der Waals surface area contributed by atoms with E-state index in [2.05, 4.69) is 5.32 Å². The van der Waals surface area contributed by atoms with Gasteiger partial charge < -0.3 is 11.1 Å². The molecule has 0 aliphatic carbocycles. The minimum Gasteiger partial charge on any atom is -0.397 e. The second-order valence-electron chi connectivity index (χ2n) is 2.81. The molecule has 82 valence electrons. The molecule has 0 saturated heterocycles. The molecule has 3 nitrogen and oxygen atoms in total. The Morgan fingerprint density at radius 3 is 2.53 bits per heavy atom. The maximum atomic E-state index is 11.6. The number of nitrogens with two attached hydrogens (primary N) is 1. The molecule has 0 unspecified atom stereocenters. The van der Waals surface area contributed by atoms with Gasteiger partial charge in [-0.1, -0.05) is 34.8 Å². The third kappa shape index (κ3) is 2.48. The maximum Gasteiger partial charge on any atom is 0.254 e. The summed E-state index contributed by atoms with van der Waals surface area (Å²) in [7, 11) is 0. The number of nitrogen functional groups attached to an aromatic ring is 1. The van der Waals surface area contributed by atoms with E-state index in [0.717, 1.165) is 0 Å². The average Bonchev–Trinajstić information content (AvgIpc) is 2.16. The first-order chi connectivity index (χ1) is 6.99. The summed E-state index contributed by atoms with van der Waals surface area (Å²) >= 11 is 17.5. The lowest BCUT2D eigenvalue weighted by molar-refractivity contribution is 0.0956. The predicted octanol–water partition coefficient (Wildman–Crippen LogP) is 2.98. The minimum absolute atomic E-state index is 0.113. The normalized spacial score (nSPS) is 10.1. The molecule has 0 radical (unpaired) electrons. The summed E-state index contributed by atoms with van der Waals surface area (Å²) in [6.45, 7) is 2.26. The Balaban J connectivity index is 3.32. The fraction of sp³-hybridized carbons (Fsp3) is 0.222. The highest BCUT2D eigenvalue weighted by Gasteiger charge is 2.19. The summed E-state index contributed by atoms with van der Waals surface area (Å²) in [5.74, 6) is -0.387. The van der Waals surface area contributed by atoms with E-state index < -0.39 is 0 Å². The van der Waals surface area contributed by atoms with Gasteiger partial charge in [-0.2, -0.15) is 0 Å². The fourth-order valence-electron chi connectivity index (χ4n) is 1.07. The summed E-state index contributed by atoms with van der Waals surface area (Å²) in [4.78, 5) is 11.6. The number of carbonyl (C=O) groups is 1. The van der Waals surface area contributed by atoms with Gasteiger partial charge in [-0.25, -0.2) is 0 Å². The molecule has 1 aromatic rings. The lowest BCUT2D eigenvalue weighted by Gasteiger charge is -2.10. The molecule has 0 saturated carbocycles. The van der Waals surface area contributed by atoms with E-state index in [0.29, 0.717) is 6.54 Å². The third-order valence-electron chi connectivity index (χ3n) is 1.75. The van der Waals surface area contributed by atoms with E-state index in [-0.39, 0.29) is 32.2 Å². The molecule has 0 fully saturated rings. The fourth-order valence-corrected chi connectivity index (χ4v) is 1.80. The second-order valence-corrected chi connectivity index (χ2v) is 3.97. The summed E-state index contributed by atoms with van der Waals surface area (Å²) in [6.07, 6.45) is 0. The van der Waals surface area contributed by atoms with Gasteiger partial charge in [0.25, 0.3) is 5.91 Å². The zero-order valence-electron chi connectivity index (χ0n) is 7.90. The van der Waals surface area contributed by atoms with Crippen LogP contribution in [0.25, 0.3) is 0 Å². The van der Waals surface area contributed by atoms with Crippen molar-refractivity contribution in [1.82, 2.24) is 5.32 Å². The van der Waals surface area contributed by atoms with Crippen LogP contribution in [-0.2, 0) is 0 Å². The molecule has 0 aromatic heterocycles. The van der Waals surface area contributed by atoms with Crippen molar-refractivity contribution in [2.45, 2.75) is 6.92 Å². The number of anilines is 1. The molecule has 0 atom stereocenters. The number of nitrogens with one attached hydrogen (secondary N) is 1. The van der Waals surface area contributed by atoms with Gasteiger partial charge in [0.15, 0.2) is 0 Å². The summed E-state index contributed by atoms with van der Waals surface area (Å²) in [5, 5.41) is 3.02. The Morgan fingerprint density at radius 2 is 2.00 bits per heavy atom. The van der Waals surface area contributed by atoms with Crippen molar-refractivity contribution >= 4 is 46.4 Å². The Kier molecular flexibility index (Phi) is 4.08. The first kappa shape index (κ1) is 12.4. The zero-order valence-corrected chi connectivity index (χ0v) is 10.2. The predicted molar refractivity (Wildman–Crippen MR) is 63.9 cm³/mol. The Bertz CT molecular complexity index is 381. The SMILES string of the molecule is CCNC(=O)c1c(Cl)c(N)cc(Cl)c1Cl. The molecule has 0 spiro atoms. The van der Waals surface area contributed by atoms with E-state index in [1.54, 1.807) is 6.92 Å². The molecule has 1 amide bonds. The van der Waals surface area contributed by atoms with Crippen molar-refractivity contribution in [3.05, 3.63) is 26.7 Å². The van der Waals surface area contributed by atoms with Gasteiger partial charge in [0, 0.05) is 6.54 Å². The van der Waals surface area contributed by atoms with Crippen LogP contribution in [-0.4, -0.2) is 12.5 Å². The molecular formula is C9H9Cl3N2O. The second kappa shape index (κ2) is 4.92. The molecule has 6 heteroatoms. The molecule has 1 aromatic carbocycles. The van der Waals surface area contributed by atoms with Crippen molar-refractivity contribution in [1.29, 1.82) is 0 Å². The van der Waals surface area contributed by atoms with Crippen LogP contribution in [0.4, 0.5) is 5.69 Å². The van der Waals surface area contributed by atoms with E-state index in [1.165, 1.54) is 6.07 Å². The summed E-state index contributed by atoms with van der Waals surface area (Å²) in [5.41, 5.74) is 5.91. The first-order valence-corrected chi connectivity index (χ1v) is 5.33. The number of carbonyl (C=O) groups excluding carboxylic acids is 1. The number of rotatable bonds is 2. The van der Waals surface area contributed by atoms with Crippen LogP contribution in [0.3, 0.4) is 0 Å². The number of hydrogen-bond acceptors (Lipinski definition) is 2. The quantitative estimate of drug-likeness (QED) is 0.639. The highest BCUT2D eigenvalue weighted by atomic mass is 35.5. The van der Waals surface area contributed by atoms with Gasteiger partial charge in [-0.3, -0.25) is 4.79 Å². The monoisotopic (exact) mass is 266 g/mol. The zero-order chi connectivity index (χ0) is 11.6. The Hall–Kier alpha value is -0.640. The molecule has 3 N–H and O–H groups in total. The standard InChI is InChI=1S/C9H9Cl3N2O/c1-2-14-9(15)6-7(11)4(10)3-5(13)8(6)12/h3H,2,13H2,1H3,(H,14,15). The largest absolute Gasteiger partial charge is 0.397 e. The third-order valence-corrected chi connectivity index (χ3v) is 2.94. The highest BCUT2D eigenvalue weighted by molar-refractivity contribution is 6.47. The number of halogens is 3. The van der Waals surface area contributed by atoms with Gasteiger partial charge in [0.2, 0.25) is 0 Å². The lowest BCUT2D eigenvalue weighted by Crippen LogP contribution is -2.23. The van der Waals surface area contributed by atoms with E-state index in [1.807, 2.05) is 0 Å². The summed E-state index contributed by atoms with van der Waals surface area (Å²) in [6, 6.07) is 1.41. The molecule has 0 aliphatic rings. The smallest absolute Gasteiger partial charge is 0.254 e. The Labute approximate surface area is 102 Å². The van der Waals surface area contributed by atoms with Gasteiger partial charge in [0.05, 0.1) is 26.3 Å². The minimum atomic E-state index is -0.387. The van der Waals surface area contributed by atoms with Gasteiger partial charge >= 0.3 is 0 Å². The molecule has 15 heavy (non-hydrogen) atoms. The van der Waals surface area contributed by atoms with Crippen LogP contribution in [0.15, 0.2) is 6.07 Å². The van der Waals surface area contributed by atoms with E-state index in [4.69, 9.17) is 40.5 Å². The number of amides is 1. The highest BCUT2D eigenvalue weighted by Crippen LogP contribution is 2.35. The van der Waals surface area contributed by atoms with Gasteiger partial charge in [0.1, 0.15) is 0 Å². The summed E-state index contributed by atoms with van der Waals surface area (Å²) < 4.78 is 0. The van der Waals surface area contributed by atoms with Crippen molar-refractivity contribution in [2.24, 2.45) is 0 Å². The van der Waals surface area contributed by atoms with Crippen LogP contribution in [0.2, 0.25) is 15.1 Å². The van der Waals surface area contributed by atoms with Crippen LogP contribution in [0.1, 0.15) is 17.3 Å². The van der Waals surface area contributed by atoms with Crippen molar-refractivity contribution in [3.8, 4) is 0 Å². The van der Waals surface area contributed by atoms with Crippen LogP contribution in [0, 0.1) is 0 Å². The van der Waals surface area contributed by atoms with E-state index in [9.17, 15) is 4.79 Å². The van der Waals surface area contributed by atoms with Crippen molar-refractivity contribution in [3.63, 3.8) is 0 Å². The van der Waals surface area contributed by atoms with Crippen molar-refractivity contribution < 1.29 is 4.79 Å². The molecule has 0 bridgehead atoms. The van der Waals surface area contributed by atoms with Gasteiger partial charge in [-0.15, -0.1) is 0 Å². The molecule has 1 rings (SSSR count).